The van der Waals surface area contributed by atoms with Gasteiger partial charge in [0.1, 0.15) is 34.5 Å². The second kappa shape index (κ2) is 12.7. The summed E-state index contributed by atoms with van der Waals surface area (Å²) in [4.78, 5) is 12.4. The van der Waals surface area contributed by atoms with Gasteiger partial charge in [-0.2, -0.15) is 0 Å². The van der Waals surface area contributed by atoms with Crippen molar-refractivity contribution >= 4 is 16.9 Å². The number of benzene rings is 4. The summed E-state index contributed by atoms with van der Waals surface area (Å²) in [5.41, 5.74) is 4.90. The van der Waals surface area contributed by atoms with Gasteiger partial charge >= 0.3 is 0 Å². The first-order valence-electron chi connectivity index (χ1n) is 12.4. The van der Waals surface area contributed by atoms with Crippen molar-refractivity contribution in [1.82, 2.24) is 0 Å². The second-order valence-corrected chi connectivity index (χ2v) is 9.94. The Bertz CT molecular complexity index is 1510. The highest BCUT2D eigenvalue weighted by molar-refractivity contribution is 8.13. The standard InChI is InChI=1S/C32H32O7S/c1-19(33)40-22-11-8-20(9-12-22)23-15-30(37-5)26(16-29(23)36-4)27-18-31(38-6)25(17-32(27)39-7)24-14-21(34-2)10-13-28(24)35-3/h8-18H,1-7H3. The summed E-state index contributed by atoms with van der Waals surface area (Å²) in [5, 5.41) is 0.0385. The van der Waals surface area contributed by atoms with Crippen molar-refractivity contribution in [2.75, 3.05) is 42.7 Å². The first-order valence-corrected chi connectivity index (χ1v) is 13.2. The number of carbonyl (C=O) groups is 1. The Labute approximate surface area is 238 Å². The summed E-state index contributed by atoms with van der Waals surface area (Å²) < 4.78 is 34.5. The molecule has 0 N–H and O–H groups in total. The zero-order valence-corrected chi connectivity index (χ0v) is 24.4. The maximum atomic E-state index is 11.5. The van der Waals surface area contributed by atoms with Crippen LogP contribution in [0.3, 0.4) is 0 Å². The smallest absolute Gasteiger partial charge is 0.190 e. The summed E-state index contributed by atoms with van der Waals surface area (Å²) in [5.74, 6) is 3.87. The molecule has 0 unspecified atom stereocenters. The third-order valence-electron chi connectivity index (χ3n) is 6.46. The lowest BCUT2D eigenvalue weighted by Gasteiger charge is -2.20. The molecule has 0 aromatic heterocycles. The largest absolute Gasteiger partial charge is 0.497 e. The molecule has 0 bridgehead atoms. The number of thioether (sulfide) groups is 1. The summed E-state index contributed by atoms with van der Waals surface area (Å²) in [6.45, 7) is 1.55. The third-order valence-corrected chi connectivity index (χ3v) is 7.25. The molecule has 0 aliphatic carbocycles. The van der Waals surface area contributed by atoms with Gasteiger partial charge in [-0.3, -0.25) is 4.79 Å². The molecule has 7 nitrogen and oxygen atoms in total. The van der Waals surface area contributed by atoms with Gasteiger partial charge in [-0.15, -0.1) is 0 Å². The molecule has 0 spiro atoms. The molecular weight excluding hydrogens is 528 g/mol. The Balaban J connectivity index is 1.88. The predicted molar refractivity (Wildman–Crippen MR) is 159 cm³/mol. The Morgan fingerprint density at radius 2 is 0.925 bits per heavy atom. The van der Waals surface area contributed by atoms with E-state index in [0.29, 0.717) is 34.5 Å². The molecule has 0 aliphatic heterocycles. The van der Waals surface area contributed by atoms with Gasteiger partial charge in [0.15, 0.2) is 5.12 Å². The van der Waals surface area contributed by atoms with Gasteiger partial charge in [0.05, 0.1) is 42.7 Å². The molecule has 0 atom stereocenters. The maximum Gasteiger partial charge on any atom is 0.190 e. The van der Waals surface area contributed by atoms with Gasteiger partial charge in [0.25, 0.3) is 0 Å². The fourth-order valence-corrected chi connectivity index (χ4v) is 5.15. The number of hydrogen-bond acceptors (Lipinski definition) is 8. The van der Waals surface area contributed by atoms with Crippen LogP contribution in [-0.2, 0) is 4.79 Å². The van der Waals surface area contributed by atoms with Gasteiger partial charge in [-0.25, -0.2) is 0 Å². The molecule has 0 amide bonds. The molecule has 4 rings (SSSR count). The molecular formula is C32H32O7S. The minimum atomic E-state index is 0.0385. The number of rotatable bonds is 10. The van der Waals surface area contributed by atoms with E-state index in [1.807, 2.05) is 66.7 Å². The third kappa shape index (κ3) is 5.82. The van der Waals surface area contributed by atoms with Crippen LogP contribution >= 0.6 is 11.8 Å². The fourth-order valence-electron chi connectivity index (χ4n) is 4.55. The van der Waals surface area contributed by atoms with Crippen LogP contribution in [0.2, 0.25) is 0 Å². The van der Waals surface area contributed by atoms with Crippen LogP contribution < -0.4 is 28.4 Å². The average Bonchev–Trinajstić information content (AvgIpc) is 2.99. The Morgan fingerprint density at radius 3 is 1.35 bits per heavy atom. The topological polar surface area (TPSA) is 72.5 Å². The molecule has 0 heterocycles. The molecule has 0 saturated heterocycles. The van der Waals surface area contributed by atoms with E-state index >= 15 is 0 Å². The molecule has 0 saturated carbocycles. The van der Waals surface area contributed by atoms with Gasteiger partial charge < -0.3 is 28.4 Å². The van der Waals surface area contributed by atoms with E-state index in [9.17, 15) is 4.79 Å². The van der Waals surface area contributed by atoms with Crippen molar-refractivity contribution in [2.24, 2.45) is 0 Å². The number of ether oxygens (including phenoxy) is 6. The van der Waals surface area contributed by atoms with Crippen LogP contribution in [0.1, 0.15) is 6.92 Å². The zero-order valence-electron chi connectivity index (χ0n) is 23.6. The summed E-state index contributed by atoms with van der Waals surface area (Å²) in [7, 11) is 9.74. The molecule has 0 fully saturated rings. The summed E-state index contributed by atoms with van der Waals surface area (Å²) in [6, 6.07) is 21.0. The van der Waals surface area contributed by atoms with Crippen molar-refractivity contribution in [1.29, 1.82) is 0 Å². The quantitative estimate of drug-likeness (QED) is 0.186. The molecule has 40 heavy (non-hydrogen) atoms. The molecule has 0 aliphatic rings. The number of methoxy groups -OCH3 is 6. The lowest BCUT2D eigenvalue weighted by molar-refractivity contribution is -0.109. The van der Waals surface area contributed by atoms with Gasteiger partial charge in [0, 0.05) is 39.6 Å². The van der Waals surface area contributed by atoms with Crippen molar-refractivity contribution < 1.29 is 33.2 Å². The Hall–Kier alpha value is -4.30. The molecule has 8 heteroatoms. The molecule has 0 radical (unpaired) electrons. The highest BCUT2D eigenvalue weighted by atomic mass is 32.2. The van der Waals surface area contributed by atoms with Crippen LogP contribution in [0.25, 0.3) is 33.4 Å². The minimum absolute atomic E-state index is 0.0385. The first kappa shape index (κ1) is 28.7. The zero-order chi connectivity index (χ0) is 28.8. The van der Waals surface area contributed by atoms with E-state index in [-0.39, 0.29) is 5.12 Å². The van der Waals surface area contributed by atoms with Gasteiger partial charge in [0.2, 0.25) is 0 Å². The predicted octanol–water partition coefficient (Wildman–Crippen LogP) is 7.38. The highest BCUT2D eigenvalue weighted by Gasteiger charge is 2.22. The highest BCUT2D eigenvalue weighted by Crippen LogP contribution is 2.48. The van der Waals surface area contributed by atoms with Gasteiger partial charge in [-0.1, -0.05) is 23.9 Å². The van der Waals surface area contributed by atoms with Crippen molar-refractivity contribution in [2.45, 2.75) is 11.8 Å². The van der Waals surface area contributed by atoms with E-state index in [1.165, 1.54) is 11.8 Å². The van der Waals surface area contributed by atoms with Crippen LogP contribution in [0.4, 0.5) is 0 Å². The molecule has 208 valence electrons. The second-order valence-electron chi connectivity index (χ2n) is 8.69. The van der Waals surface area contributed by atoms with E-state index in [0.717, 1.165) is 38.3 Å². The van der Waals surface area contributed by atoms with Crippen LogP contribution in [-0.4, -0.2) is 47.8 Å². The van der Waals surface area contributed by atoms with Crippen LogP contribution in [0, 0.1) is 0 Å². The minimum Gasteiger partial charge on any atom is -0.497 e. The molecule has 4 aromatic rings. The van der Waals surface area contributed by atoms with Crippen molar-refractivity contribution in [3.63, 3.8) is 0 Å². The Kier molecular flexibility index (Phi) is 9.11. The van der Waals surface area contributed by atoms with Crippen molar-refractivity contribution in [3.05, 3.63) is 66.7 Å². The van der Waals surface area contributed by atoms with Crippen molar-refractivity contribution in [3.8, 4) is 67.9 Å². The lowest BCUT2D eigenvalue weighted by Crippen LogP contribution is -1.98. The normalized spacial score (nSPS) is 10.6. The average molecular weight is 561 g/mol. The lowest BCUT2D eigenvalue weighted by atomic mass is 9.94. The van der Waals surface area contributed by atoms with E-state index in [1.54, 1.807) is 49.6 Å². The summed E-state index contributed by atoms with van der Waals surface area (Å²) in [6.07, 6.45) is 0. The van der Waals surface area contributed by atoms with Crippen LogP contribution in [0.5, 0.6) is 34.5 Å². The monoisotopic (exact) mass is 560 g/mol. The number of carbonyl (C=O) groups excluding carboxylic acids is 1. The SMILES string of the molecule is COc1ccc(OC)c(-c2cc(OC)c(-c3cc(OC)c(-c4ccc(SC(C)=O)cc4)cc3OC)cc2OC)c1. The van der Waals surface area contributed by atoms with Crippen LogP contribution in [0.15, 0.2) is 71.6 Å². The Morgan fingerprint density at radius 1 is 0.500 bits per heavy atom. The van der Waals surface area contributed by atoms with Gasteiger partial charge in [-0.05, 0) is 60.2 Å². The summed E-state index contributed by atoms with van der Waals surface area (Å²) >= 11 is 1.20. The fraction of sp³-hybridized carbons (Fsp3) is 0.219. The molecule has 4 aromatic carbocycles. The van der Waals surface area contributed by atoms with E-state index in [2.05, 4.69) is 0 Å². The number of hydrogen-bond donors (Lipinski definition) is 0. The van der Waals surface area contributed by atoms with E-state index in [4.69, 9.17) is 28.4 Å². The maximum absolute atomic E-state index is 11.5. The van der Waals surface area contributed by atoms with E-state index < -0.39 is 0 Å². The first-order chi connectivity index (χ1) is 19.4.